The summed E-state index contributed by atoms with van der Waals surface area (Å²) in [6.07, 6.45) is 1.33. The van der Waals surface area contributed by atoms with Gasteiger partial charge in [0.2, 0.25) is 9.84 Å². The molecule has 0 fully saturated rings. The molecule has 0 saturated carbocycles. The number of hydrogen-bond donors (Lipinski definition) is 3. The summed E-state index contributed by atoms with van der Waals surface area (Å²) in [5.41, 5.74) is 7.63. The van der Waals surface area contributed by atoms with Gasteiger partial charge in [-0.3, -0.25) is 14.6 Å². The van der Waals surface area contributed by atoms with E-state index < -0.39 is 15.7 Å². The van der Waals surface area contributed by atoms with Gasteiger partial charge in [0.15, 0.2) is 0 Å². The number of carbonyl (C=O) groups is 2. The lowest BCUT2D eigenvalue weighted by molar-refractivity contribution is 0.0827. The van der Waals surface area contributed by atoms with Gasteiger partial charge in [0, 0.05) is 43.0 Å². The van der Waals surface area contributed by atoms with Crippen molar-refractivity contribution in [2.45, 2.75) is 16.7 Å². The quantitative estimate of drug-likeness (QED) is 0.364. The summed E-state index contributed by atoms with van der Waals surface area (Å²) in [5, 5.41) is 13.3. The number of pyridine rings is 1. The Morgan fingerprint density at radius 3 is 2.39 bits per heavy atom. The van der Waals surface area contributed by atoms with E-state index in [0.29, 0.717) is 22.2 Å². The second-order valence-corrected chi connectivity index (χ2v) is 10.4. The van der Waals surface area contributed by atoms with E-state index in [4.69, 9.17) is 5.73 Å². The highest BCUT2D eigenvalue weighted by molar-refractivity contribution is 7.91. The van der Waals surface area contributed by atoms with Crippen LogP contribution in [-0.4, -0.2) is 49.3 Å². The number of benzene rings is 3. The third-order valence-electron chi connectivity index (χ3n) is 5.62. The predicted octanol–water partition coefficient (Wildman–Crippen LogP) is 3.63. The van der Waals surface area contributed by atoms with Crippen LogP contribution in [0.5, 0.6) is 5.75 Å². The molecule has 0 atom stereocenters. The first-order chi connectivity index (χ1) is 17.0. The van der Waals surface area contributed by atoms with Crippen LogP contribution in [0.3, 0.4) is 0 Å². The summed E-state index contributed by atoms with van der Waals surface area (Å²) in [6.45, 7) is 1.71. The minimum absolute atomic E-state index is 0.00517. The number of aromatic hydroxyl groups is 1. The van der Waals surface area contributed by atoms with Crippen molar-refractivity contribution in [3.8, 4) is 5.75 Å². The molecule has 2 amide bonds. The zero-order valence-corrected chi connectivity index (χ0v) is 20.6. The fourth-order valence-corrected chi connectivity index (χ4v) is 5.26. The molecular formula is C26H24N4O5S. The highest BCUT2D eigenvalue weighted by Crippen LogP contribution is 2.34. The van der Waals surface area contributed by atoms with E-state index in [-0.39, 0.29) is 38.3 Å². The minimum Gasteiger partial charge on any atom is -0.508 e. The van der Waals surface area contributed by atoms with Gasteiger partial charge in [-0.25, -0.2) is 8.42 Å². The molecule has 9 nitrogen and oxygen atoms in total. The van der Waals surface area contributed by atoms with Crippen LogP contribution in [0.1, 0.15) is 26.3 Å². The molecule has 36 heavy (non-hydrogen) atoms. The van der Waals surface area contributed by atoms with Crippen molar-refractivity contribution in [2.24, 2.45) is 5.73 Å². The van der Waals surface area contributed by atoms with Crippen molar-refractivity contribution in [2.75, 3.05) is 19.4 Å². The lowest BCUT2D eigenvalue weighted by Gasteiger charge is -2.16. The van der Waals surface area contributed by atoms with Crippen molar-refractivity contribution in [1.29, 1.82) is 0 Å². The van der Waals surface area contributed by atoms with Crippen LogP contribution >= 0.6 is 0 Å². The van der Waals surface area contributed by atoms with E-state index in [9.17, 15) is 23.1 Å². The number of hydrogen-bond acceptors (Lipinski definition) is 7. The van der Waals surface area contributed by atoms with Crippen molar-refractivity contribution >= 4 is 43.9 Å². The summed E-state index contributed by atoms with van der Waals surface area (Å²) in [4.78, 5) is 30.2. The number of nitrogens with two attached hydrogens (primary N) is 1. The first kappa shape index (κ1) is 24.7. The van der Waals surface area contributed by atoms with Gasteiger partial charge in [0.05, 0.1) is 26.6 Å². The van der Waals surface area contributed by atoms with Crippen LogP contribution in [0.25, 0.3) is 10.9 Å². The van der Waals surface area contributed by atoms with E-state index in [2.05, 4.69) is 10.3 Å². The van der Waals surface area contributed by atoms with E-state index in [1.54, 1.807) is 39.2 Å². The van der Waals surface area contributed by atoms with Gasteiger partial charge in [-0.1, -0.05) is 12.1 Å². The van der Waals surface area contributed by atoms with Crippen LogP contribution in [0.15, 0.2) is 76.7 Å². The highest BCUT2D eigenvalue weighted by Gasteiger charge is 2.23. The Labute approximate surface area is 208 Å². The summed E-state index contributed by atoms with van der Waals surface area (Å²) >= 11 is 0. The smallest absolute Gasteiger partial charge is 0.253 e. The number of aryl methyl sites for hydroxylation is 1. The Kier molecular flexibility index (Phi) is 6.38. The summed E-state index contributed by atoms with van der Waals surface area (Å²) in [5.74, 6) is -1.08. The van der Waals surface area contributed by atoms with Crippen molar-refractivity contribution in [1.82, 2.24) is 9.88 Å². The second kappa shape index (κ2) is 9.31. The number of aromatic nitrogens is 1. The van der Waals surface area contributed by atoms with Crippen LogP contribution in [0.2, 0.25) is 0 Å². The number of anilines is 2. The largest absolute Gasteiger partial charge is 0.508 e. The molecule has 0 spiro atoms. The first-order valence-electron chi connectivity index (χ1n) is 10.8. The van der Waals surface area contributed by atoms with Gasteiger partial charge in [-0.2, -0.15) is 0 Å². The molecule has 1 heterocycles. The minimum atomic E-state index is -4.05. The lowest BCUT2D eigenvalue weighted by atomic mass is 10.1. The molecule has 0 aliphatic heterocycles. The number of phenols is 1. The van der Waals surface area contributed by atoms with E-state index >= 15 is 0 Å². The molecule has 0 unspecified atom stereocenters. The van der Waals surface area contributed by atoms with Crippen LogP contribution in [-0.2, 0) is 9.84 Å². The molecule has 0 aliphatic carbocycles. The normalized spacial score (nSPS) is 11.3. The van der Waals surface area contributed by atoms with E-state index in [0.717, 1.165) is 0 Å². The number of nitrogens with zero attached hydrogens (tertiary/aromatic N) is 2. The molecule has 0 radical (unpaired) electrons. The second-order valence-electron chi connectivity index (χ2n) is 8.45. The van der Waals surface area contributed by atoms with Crippen LogP contribution in [0, 0.1) is 6.92 Å². The maximum atomic E-state index is 13.6. The molecule has 0 bridgehead atoms. The number of rotatable bonds is 6. The Bertz CT molecular complexity index is 1630. The van der Waals surface area contributed by atoms with Gasteiger partial charge in [0.1, 0.15) is 5.75 Å². The zero-order chi connectivity index (χ0) is 26.2. The van der Waals surface area contributed by atoms with Gasteiger partial charge in [0.25, 0.3) is 11.8 Å². The lowest BCUT2D eigenvalue weighted by Crippen LogP contribution is -2.21. The SMILES string of the molecule is Cc1cc(S(=O)(=O)c2cccc(C(=O)N(C)C)c2)cc2c(Nc3cccc(O)c3)c(C(N)=O)cnc12. The molecule has 0 saturated heterocycles. The highest BCUT2D eigenvalue weighted by atomic mass is 32.2. The summed E-state index contributed by atoms with van der Waals surface area (Å²) in [7, 11) is -0.879. The summed E-state index contributed by atoms with van der Waals surface area (Å²) in [6, 6.07) is 15.0. The molecule has 4 aromatic rings. The Morgan fingerprint density at radius 1 is 1.00 bits per heavy atom. The standard InChI is InChI=1S/C26H24N4O5S/c1-15-10-20(36(34,35)19-9-4-6-16(11-19)26(33)30(2)3)13-21-23(15)28-14-22(25(27)32)24(21)29-17-7-5-8-18(31)12-17/h4-14,31H,1-3H3,(H2,27,32)(H,28,29). The zero-order valence-electron chi connectivity index (χ0n) is 19.8. The van der Waals surface area contributed by atoms with E-state index in [1.165, 1.54) is 53.6 Å². The number of sulfone groups is 1. The molecule has 3 aromatic carbocycles. The number of carbonyl (C=O) groups excluding carboxylic acids is 2. The number of amides is 2. The maximum Gasteiger partial charge on any atom is 0.253 e. The fourth-order valence-electron chi connectivity index (χ4n) is 3.84. The average Bonchev–Trinajstić information content (AvgIpc) is 2.83. The van der Waals surface area contributed by atoms with Crippen molar-refractivity contribution in [3.05, 3.63) is 83.6 Å². The Hall–Kier alpha value is -4.44. The molecule has 4 N–H and O–H groups in total. The number of primary amides is 1. The Morgan fingerprint density at radius 2 is 1.72 bits per heavy atom. The van der Waals surface area contributed by atoms with Gasteiger partial charge in [-0.05, 0) is 55.0 Å². The molecular weight excluding hydrogens is 480 g/mol. The van der Waals surface area contributed by atoms with Gasteiger partial charge >= 0.3 is 0 Å². The van der Waals surface area contributed by atoms with E-state index in [1.807, 2.05) is 0 Å². The third-order valence-corrected chi connectivity index (χ3v) is 7.35. The predicted molar refractivity (Wildman–Crippen MR) is 136 cm³/mol. The average molecular weight is 505 g/mol. The molecule has 10 heteroatoms. The third kappa shape index (κ3) is 4.58. The Balaban J connectivity index is 1.93. The van der Waals surface area contributed by atoms with Crippen molar-refractivity contribution in [3.63, 3.8) is 0 Å². The maximum absolute atomic E-state index is 13.6. The number of phenolic OH excluding ortho intramolecular Hbond substituents is 1. The van der Waals surface area contributed by atoms with Gasteiger partial charge in [-0.15, -0.1) is 0 Å². The topological polar surface area (TPSA) is 143 Å². The number of fused-ring (bicyclic) bond motifs is 1. The number of nitrogens with one attached hydrogen (secondary N) is 1. The molecule has 184 valence electrons. The van der Waals surface area contributed by atoms with Crippen LogP contribution < -0.4 is 11.1 Å². The fraction of sp³-hybridized carbons (Fsp3) is 0.115. The monoisotopic (exact) mass is 504 g/mol. The first-order valence-corrected chi connectivity index (χ1v) is 12.3. The summed E-state index contributed by atoms with van der Waals surface area (Å²) < 4.78 is 27.2. The van der Waals surface area contributed by atoms with Gasteiger partial charge < -0.3 is 21.1 Å². The van der Waals surface area contributed by atoms with Crippen molar-refractivity contribution < 1.29 is 23.1 Å². The molecule has 4 rings (SSSR count). The molecule has 0 aliphatic rings. The molecule has 1 aromatic heterocycles. The van der Waals surface area contributed by atoms with Crippen LogP contribution in [0.4, 0.5) is 11.4 Å².